The van der Waals surface area contributed by atoms with E-state index in [4.69, 9.17) is 5.11 Å². The first-order valence-corrected chi connectivity index (χ1v) is 4.39. The van der Waals surface area contributed by atoms with Crippen molar-refractivity contribution in [3.8, 4) is 0 Å². The van der Waals surface area contributed by atoms with Crippen molar-refractivity contribution in [3.63, 3.8) is 0 Å². The molecule has 3 nitrogen and oxygen atoms in total. The summed E-state index contributed by atoms with van der Waals surface area (Å²) in [6.45, 7) is 1.82. The van der Waals surface area contributed by atoms with Crippen LogP contribution in [0.2, 0.25) is 0 Å². The average Bonchev–Trinajstić information content (AvgIpc) is 2.23. The van der Waals surface area contributed by atoms with Crippen molar-refractivity contribution >= 4 is 16.9 Å². The van der Waals surface area contributed by atoms with Gasteiger partial charge in [0.05, 0.1) is 0 Å². The van der Waals surface area contributed by atoms with Crippen LogP contribution in [0.25, 0.3) is 10.9 Å². The van der Waals surface area contributed by atoms with Gasteiger partial charge in [0.1, 0.15) is 17.0 Å². The molecule has 0 saturated carbocycles. The van der Waals surface area contributed by atoms with Crippen LogP contribution in [0, 0.1) is 12.7 Å². The Bertz CT molecular complexity index is 552. The minimum atomic E-state index is -1.15. The van der Waals surface area contributed by atoms with Gasteiger partial charge in [0.25, 0.3) is 0 Å². The van der Waals surface area contributed by atoms with Gasteiger partial charge in [-0.15, -0.1) is 0 Å². The number of nitrogens with zero attached hydrogens (tertiary/aromatic N) is 1. The number of carbonyl (C=O) groups is 1. The van der Waals surface area contributed by atoms with E-state index < -0.39 is 11.8 Å². The SMILES string of the molecule is Cc1ccc(F)c2nc(C(=O)O)ccc12. The Morgan fingerprint density at radius 2 is 2.07 bits per heavy atom. The fourth-order valence-corrected chi connectivity index (χ4v) is 1.45. The van der Waals surface area contributed by atoms with E-state index in [9.17, 15) is 9.18 Å². The van der Waals surface area contributed by atoms with Gasteiger partial charge in [-0.3, -0.25) is 0 Å². The Kier molecular flexibility index (Phi) is 2.11. The van der Waals surface area contributed by atoms with E-state index in [1.807, 2.05) is 6.92 Å². The summed E-state index contributed by atoms with van der Waals surface area (Å²) in [5.74, 6) is -1.66. The smallest absolute Gasteiger partial charge is 0.354 e. The van der Waals surface area contributed by atoms with Gasteiger partial charge < -0.3 is 5.11 Å². The van der Waals surface area contributed by atoms with Gasteiger partial charge in [-0.2, -0.15) is 0 Å². The van der Waals surface area contributed by atoms with Crippen LogP contribution in [-0.2, 0) is 0 Å². The van der Waals surface area contributed by atoms with Crippen molar-refractivity contribution < 1.29 is 14.3 Å². The molecule has 0 unspecified atom stereocenters. The maximum Gasteiger partial charge on any atom is 0.354 e. The number of pyridine rings is 1. The Hall–Kier alpha value is -1.97. The summed E-state index contributed by atoms with van der Waals surface area (Å²) in [7, 11) is 0. The van der Waals surface area contributed by atoms with Crippen LogP contribution in [-0.4, -0.2) is 16.1 Å². The van der Waals surface area contributed by atoms with Gasteiger partial charge in [-0.1, -0.05) is 12.1 Å². The van der Waals surface area contributed by atoms with Crippen molar-refractivity contribution in [3.05, 3.63) is 41.3 Å². The number of aromatic carboxylic acids is 1. The van der Waals surface area contributed by atoms with E-state index in [-0.39, 0.29) is 11.2 Å². The van der Waals surface area contributed by atoms with Crippen LogP contribution in [0.4, 0.5) is 4.39 Å². The summed E-state index contributed by atoms with van der Waals surface area (Å²) in [6.07, 6.45) is 0. The van der Waals surface area contributed by atoms with E-state index in [1.165, 1.54) is 12.1 Å². The van der Waals surface area contributed by atoms with Gasteiger partial charge in [0.2, 0.25) is 0 Å². The van der Waals surface area contributed by atoms with Gasteiger partial charge in [0.15, 0.2) is 0 Å². The highest BCUT2D eigenvalue weighted by Gasteiger charge is 2.09. The third-order valence-corrected chi connectivity index (χ3v) is 2.25. The molecule has 1 aromatic heterocycles. The third-order valence-electron chi connectivity index (χ3n) is 2.25. The summed E-state index contributed by atoms with van der Waals surface area (Å²) in [5, 5.41) is 9.36. The van der Waals surface area contributed by atoms with E-state index in [2.05, 4.69) is 4.98 Å². The Balaban J connectivity index is 2.81. The largest absolute Gasteiger partial charge is 0.477 e. The molecule has 0 aliphatic rings. The van der Waals surface area contributed by atoms with Crippen LogP contribution in [0.3, 0.4) is 0 Å². The molecule has 0 aliphatic heterocycles. The summed E-state index contributed by atoms with van der Waals surface area (Å²) in [6, 6.07) is 5.87. The molecule has 0 radical (unpaired) electrons. The first kappa shape index (κ1) is 9.58. The lowest BCUT2D eigenvalue weighted by Gasteiger charge is -2.03. The highest BCUT2D eigenvalue weighted by Crippen LogP contribution is 2.19. The Labute approximate surface area is 85.2 Å². The number of carboxylic acid groups (broad SMARTS) is 1. The lowest BCUT2D eigenvalue weighted by atomic mass is 10.1. The maximum absolute atomic E-state index is 13.4. The molecule has 0 atom stereocenters. The second kappa shape index (κ2) is 3.31. The molecular formula is C11H8FNO2. The van der Waals surface area contributed by atoms with Crippen molar-refractivity contribution in [2.75, 3.05) is 0 Å². The number of hydrogen-bond donors (Lipinski definition) is 1. The number of aromatic nitrogens is 1. The molecule has 1 heterocycles. The first-order valence-electron chi connectivity index (χ1n) is 4.39. The van der Waals surface area contributed by atoms with Gasteiger partial charge in [0, 0.05) is 5.39 Å². The number of fused-ring (bicyclic) bond motifs is 1. The molecule has 76 valence electrons. The highest BCUT2D eigenvalue weighted by molar-refractivity contribution is 5.90. The molecule has 2 aromatic rings. The number of hydrogen-bond acceptors (Lipinski definition) is 2. The van der Waals surface area contributed by atoms with E-state index in [1.54, 1.807) is 12.1 Å². The van der Waals surface area contributed by atoms with Crippen LogP contribution >= 0.6 is 0 Å². The Morgan fingerprint density at radius 3 is 2.73 bits per heavy atom. The number of aryl methyl sites for hydroxylation is 1. The van der Waals surface area contributed by atoms with Crippen LogP contribution in [0.15, 0.2) is 24.3 Å². The lowest BCUT2D eigenvalue weighted by Crippen LogP contribution is -2.01. The number of carboxylic acids is 1. The summed E-state index contributed by atoms with van der Waals surface area (Å²) in [4.78, 5) is 14.4. The van der Waals surface area contributed by atoms with Crippen molar-refractivity contribution in [1.82, 2.24) is 4.98 Å². The predicted molar refractivity (Wildman–Crippen MR) is 53.4 cm³/mol. The van der Waals surface area contributed by atoms with Gasteiger partial charge in [-0.25, -0.2) is 14.2 Å². The van der Waals surface area contributed by atoms with Crippen LogP contribution < -0.4 is 0 Å². The van der Waals surface area contributed by atoms with Crippen molar-refractivity contribution in [2.45, 2.75) is 6.92 Å². The third kappa shape index (κ3) is 1.54. The van der Waals surface area contributed by atoms with Crippen LogP contribution in [0.1, 0.15) is 16.1 Å². The molecule has 0 aliphatic carbocycles. The molecule has 1 aromatic carbocycles. The number of halogens is 1. The monoisotopic (exact) mass is 205 g/mol. The number of rotatable bonds is 1. The molecule has 15 heavy (non-hydrogen) atoms. The molecule has 0 saturated heterocycles. The Morgan fingerprint density at radius 1 is 1.33 bits per heavy atom. The predicted octanol–water partition coefficient (Wildman–Crippen LogP) is 2.38. The van der Waals surface area contributed by atoms with Gasteiger partial charge in [-0.05, 0) is 24.6 Å². The number of benzene rings is 1. The average molecular weight is 205 g/mol. The zero-order chi connectivity index (χ0) is 11.0. The molecular weight excluding hydrogens is 197 g/mol. The van der Waals surface area contributed by atoms with Gasteiger partial charge >= 0.3 is 5.97 Å². The fourth-order valence-electron chi connectivity index (χ4n) is 1.45. The molecule has 1 N–H and O–H groups in total. The summed E-state index contributed by atoms with van der Waals surface area (Å²) in [5.41, 5.74) is 0.831. The summed E-state index contributed by atoms with van der Waals surface area (Å²) < 4.78 is 13.4. The normalized spacial score (nSPS) is 10.5. The molecule has 0 bridgehead atoms. The minimum Gasteiger partial charge on any atom is -0.477 e. The quantitative estimate of drug-likeness (QED) is 0.777. The zero-order valence-corrected chi connectivity index (χ0v) is 7.99. The highest BCUT2D eigenvalue weighted by atomic mass is 19.1. The second-order valence-electron chi connectivity index (χ2n) is 3.26. The maximum atomic E-state index is 13.4. The van der Waals surface area contributed by atoms with Crippen molar-refractivity contribution in [1.29, 1.82) is 0 Å². The first-order chi connectivity index (χ1) is 7.09. The topological polar surface area (TPSA) is 50.2 Å². The molecule has 2 rings (SSSR count). The van der Waals surface area contributed by atoms with Crippen LogP contribution in [0.5, 0.6) is 0 Å². The second-order valence-corrected chi connectivity index (χ2v) is 3.26. The van der Waals surface area contributed by atoms with E-state index in [0.29, 0.717) is 5.39 Å². The van der Waals surface area contributed by atoms with Crippen molar-refractivity contribution in [2.24, 2.45) is 0 Å². The van der Waals surface area contributed by atoms with E-state index >= 15 is 0 Å². The molecule has 0 fully saturated rings. The molecule has 0 spiro atoms. The fraction of sp³-hybridized carbons (Fsp3) is 0.0909. The summed E-state index contributed by atoms with van der Waals surface area (Å²) >= 11 is 0. The zero-order valence-electron chi connectivity index (χ0n) is 7.99. The lowest BCUT2D eigenvalue weighted by molar-refractivity contribution is 0.0691. The molecule has 0 amide bonds. The van der Waals surface area contributed by atoms with E-state index in [0.717, 1.165) is 5.56 Å². The minimum absolute atomic E-state index is 0.106. The molecule has 4 heteroatoms. The standard InChI is InChI=1S/C11H8FNO2/c1-6-2-4-8(12)10-7(6)3-5-9(13-10)11(14)15/h2-5H,1H3,(H,14,15).